The van der Waals surface area contributed by atoms with Crippen LogP contribution in [0.25, 0.3) is 0 Å². The molecule has 0 bridgehead atoms. The van der Waals surface area contributed by atoms with Crippen LogP contribution in [-0.4, -0.2) is 17.3 Å². The molecule has 0 heterocycles. The number of carbonyl (C=O) groups is 1. The smallest absolute Gasteiger partial charge is 0.309 e. The van der Waals surface area contributed by atoms with E-state index in [-0.39, 0.29) is 5.82 Å². The fraction of sp³-hybridized carbons (Fsp3) is 0.417. The Bertz CT molecular complexity index is 402. The third kappa shape index (κ3) is 2.76. The molecule has 0 spiro atoms. The van der Waals surface area contributed by atoms with Crippen molar-refractivity contribution in [1.29, 1.82) is 0 Å². The van der Waals surface area contributed by atoms with Crippen LogP contribution in [0, 0.1) is 11.2 Å². The lowest BCUT2D eigenvalue weighted by Crippen LogP contribution is -2.26. The number of hydrogen-bond acceptors (Lipinski definition) is 2. The summed E-state index contributed by atoms with van der Waals surface area (Å²) in [5, 5.41) is 9.03. The standard InChI is InChI=1S/C12H15FO2S/c1-12(2,11(14)15)7-8-5-4-6-9(13)10(8)16-3/h4-6H,7H2,1-3H3,(H,14,15). The van der Waals surface area contributed by atoms with Crippen LogP contribution in [0.4, 0.5) is 4.39 Å². The molecule has 0 saturated heterocycles. The molecule has 0 atom stereocenters. The number of rotatable bonds is 4. The van der Waals surface area contributed by atoms with Gasteiger partial charge in [-0.3, -0.25) is 4.79 Å². The summed E-state index contributed by atoms with van der Waals surface area (Å²) >= 11 is 1.31. The molecule has 0 saturated carbocycles. The zero-order chi connectivity index (χ0) is 12.3. The van der Waals surface area contributed by atoms with Crippen molar-refractivity contribution in [2.75, 3.05) is 6.26 Å². The van der Waals surface area contributed by atoms with Crippen molar-refractivity contribution >= 4 is 17.7 Å². The molecule has 1 N–H and O–H groups in total. The van der Waals surface area contributed by atoms with Crippen molar-refractivity contribution in [3.05, 3.63) is 29.6 Å². The predicted octanol–water partition coefficient (Wildman–Crippen LogP) is 3.20. The fourth-order valence-corrected chi connectivity index (χ4v) is 2.14. The number of halogens is 1. The van der Waals surface area contributed by atoms with E-state index in [0.29, 0.717) is 11.3 Å². The molecular weight excluding hydrogens is 227 g/mol. The van der Waals surface area contributed by atoms with E-state index in [0.717, 1.165) is 5.56 Å². The summed E-state index contributed by atoms with van der Waals surface area (Å²) in [5.74, 6) is -1.16. The lowest BCUT2D eigenvalue weighted by atomic mass is 9.86. The highest BCUT2D eigenvalue weighted by Gasteiger charge is 2.28. The van der Waals surface area contributed by atoms with E-state index in [1.165, 1.54) is 17.8 Å². The molecule has 88 valence electrons. The van der Waals surface area contributed by atoms with Crippen molar-refractivity contribution in [3.8, 4) is 0 Å². The van der Waals surface area contributed by atoms with E-state index in [9.17, 15) is 9.18 Å². The van der Waals surface area contributed by atoms with Gasteiger partial charge in [-0.15, -0.1) is 11.8 Å². The summed E-state index contributed by atoms with van der Waals surface area (Å²) in [7, 11) is 0. The van der Waals surface area contributed by atoms with Gasteiger partial charge in [-0.2, -0.15) is 0 Å². The van der Waals surface area contributed by atoms with Crippen molar-refractivity contribution < 1.29 is 14.3 Å². The van der Waals surface area contributed by atoms with Crippen LogP contribution in [0.3, 0.4) is 0 Å². The van der Waals surface area contributed by atoms with Gasteiger partial charge in [0.15, 0.2) is 0 Å². The Morgan fingerprint density at radius 1 is 1.50 bits per heavy atom. The summed E-state index contributed by atoms with van der Waals surface area (Å²) in [6.07, 6.45) is 2.12. The van der Waals surface area contributed by atoms with Gasteiger partial charge >= 0.3 is 5.97 Å². The van der Waals surface area contributed by atoms with Crippen molar-refractivity contribution in [3.63, 3.8) is 0 Å². The highest BCUT2D eigenvalue weighted by atomic mass is 32.2. The van der Waals surface area contributed by atoms with E-state index in [1.807, 2.05) is 0 Å². The average Bonchev–Trinajstić information content (AvgIpc) is 2.17. The second kappa shape index (κ2) is 4.87. The highest BCUT2D eigenvalue weighted by molar-refractivity contribution is 7.98. The van der Waals surface area contributed by atoms with Crippen LogP contribution < -0.4 is 0 Å². The molecule has 0 fully saturated rings. The summed E-state index contributed by atoms with van der Waals surface area (Å²) < 4.78 is 13.5. The zero-order valence-corrected chi connectivity index (χ0v) is 10.4. The van der Waals surface area contributed by atoms with Gasteiger partial charge in [0.25, 0.3) is 0 Å². The monoisotopic (exact) mass is 242 g/mol. The number of carboxylic acid groups (broad SMARTS) is 1. The molecule has 0 amide bonds. The van der Waals surface area contributed by atoms with Crippen molar-refractivity contribution in [2.24, 2.45) is 5.41 Å². The molecule has 0 radical (unpaired) electrons. The molecule has 0 unspecified atom stereocenters. The number of aliphatic carboxylic acids is 1. The quantitative estimate of drug-likeness (QED) is 0.824. The number of thioether (sulfide) groups is 1. The Morgan fingerprint density at radius 3 is 2.62 bits per heavy atom. The summed E-state index contributed by atoms with van der Waals surface area (Å²) in [6.45, 7) is 3.29. The Morgan fingerprint density at radius 2 is 2.12 bits per heavy atom. The van der Waals surface area contributed by atoms with E-state index in [4.69, 9.17) is 5.11 Å². The van der Waals surface area contributed by atoms with Crippen LogP contribution >= 0.6 is 11.8 Å². The molecule has 1 aromatic carbocycles. The second-order valence-corrected chi connectivity index (χ2v) is 5.11. The first-order valence-electron chi connectivity index (χ1n) is 4.93. The Labute approximate surface area is 98.9 Å². The predicted molar refractivity (Wildman–Crippen MR) is 63.3 cm³/mol. The third-order valence-corrected chi connectivity index (χ3v) is 3.33. The third-order valence-electron chi connectivity index (χ3n) is 2.46. The topological polar surface area (TPSA) is 37.3 Å². The van der Waals surface area contributed by atoms with Gasteiger partial charge in [-0.1, -0.05) is 12.1 Å². The molecular formula is C12H15FO2S. The molecule has 0 aliphatic rings. The molecule has 0 aliphatic heterocycles. The summed E-state index contributed by atoms with van der Waals surface area (Å²) in [5.41, 5.74) is -0.127. The van der Waals surface area contributed by atoms with Crippen LogP contribution in [-0.2, 0) is 11.2 Å². The van der Waals surface area contributed by atoms with Crippen LogP contribution in [0.1, 0.15) is 19.4 Å². The summed E-state index contributed by atoms with van der Waals surface area (Å²) in [6, 6.07) is 4.78. The van der Waals surface area contributed by atoms with Gasteiger partial charge in [-0.05, 0) is 38.2 Å². The molecule has 0 aliphatic carbocycles. The first-order chi connectivity index (χ1) is 7.38. The van der Waals surface area contributed by atoms with Gasteiger partial charge < -0.3 is 5.11 Å². The minimum atomic E-state index is -0.877. The normalized spacial score (nSPS) is 11.5. The Kier molecular flexibility index (Phi) is 3.97. The molecule has 1 rings (SSSR count). The fourth-order valence-electron chi connectivity index (χ4n) is 1.47. The van der Waals surface area contributed by atoms with Gasteiger partial charge in [-0.25, -0.2) is 4.39 Å². The second-order valence-electron chi connectivity index (χ2n) is 4.30. The Hall–Kier alpha value is -1.03. The SMILES string of the molecule is CSc1c(F)cccc1CC(C)(C)C(=O)O. The maximum absolute atomic E-state index is 13.5. The minimum Gasteiger partial charge on any atom is -0.481 e. The number of hydrogen-bond donors (Lipinski definition) is 1. The number of benzene rings is 1. The van der Waals surface area contributed by atoms with Gasteiger partial charge in [0.2, 0.25) is 0 Å². The molecule has 2 nitrogen and oxygen atoms in total. The van der Waals surface area contributed by atoms with Gasteiger partial charge in [0, 0.05) is 4.90 Å². The van der Waals surface area contributed by atoms with Crippen molar-refractivity contribution in [2.45, 2.75) is 25.2 Å². The largest absolute Gasteiger partial charge is 0.481 e. The van der Waals surface area contributed by atoms with E-state index in [1.54, 1.807) is 32.2 Å². The first kappa shape index (κ1) is 13.0. The van der Waals surface area contributed by atoms with Gasteiger partial charge in [0.1, 0.15) is 5.82 Å². The lowest BCUT2D eigenvalue weighted by Gasteiger charge is -2.20. The Balaban J connectivity index is 3.06. The summed E-state index contributed by atoms with van der Waals surface area (Å²) in [4.78, 5) is 11.5. The van der Waals surface area contributed by atoms with E-state index < -0.39 is 11.4 Å². The maximum Gasteiger partial charge on any atom is 0.309 e. The number of carboxylic acids is 1. The maximum atomic E-state index is 13.5. The van der Waals surface area contributed by atoms with Gasteiger partial charge in [0.05, 0.1) is 5.41 Å². The minimum absolute atomic E-state index is 0.286. The first-order valence-corrected chi connectivity index (χ1v) is 6.15. The van der Waals surface area contributed by atoms with E-state index in [2.05, 4.69) is 0 Å². The van der Waals surface area contributed by atoms with Crippen LogP contribution in [0.2, 0.25) is 0 Å². The highest BCUT2D eigenvalue weighted by Crippen LogP contribution is 2.30. The van der Waals surface area contributed by atoms with Crippen LogP contribution in [0.15, 0.2) is 23.1 Å². The molecule has 16 heavy (non-hydrogen) atoms. The molecule has 1 aromatic rings. The van der Waals surface area contributed by atoms with Crippen molar-refractivity contribution in [1.82, 2.24) is 0 Å². The van der Waals surface area contributed by atoms with Crippen LogP contribution in [0.5, 0.6) is 0 Å². The molecule has 4 heteroatoms. The zero-order valence-electron chi connectivity index (χ0n) is 9.58. The van der Waals surface area contributed by atoms with E-state index >= 15 is 0 Å². The average molecular weight is 242 g/mol. The molecule has 0 aromatic heterocycles. The lowest BCUT2D eigenvalue weighted by molar-refractivity contribution is -0.146.